The van der Waals surface area contributed by atoms with Crippen molar-refractivity contribution in [1.82, 2.24) is 9.97 Å². The van der Waals surface area contributed by atoms with Gasteiger partial charge in [0.1, 0.15) is 5.82 Å². The molecule has 146 valence electrons. The number of rotatable bonds is 3. The second-order valence-electron chi connectivity index (χ2n) is 8.30. The van der Waals surface area contributed by atoms with Gasteiger partial charge in [-0.15, -0.1) is 0 Å². The maximum Gasteiger partial charge on any atom is 0.229 e. The first kappa shape index (κ1) is 18.6. The summed E-state index contributed by atoms with van der Waals surface area (Å²) in [7, 11) is 0. The predicted octanol–water partition coefficient (Wildman–Crippen LogP) is 5.55. The lowest BCUT2D eigenvalue weighted by atomic mass is 9.86. The standard InChI is InChI=1S/C22H24F2N4/c1-22(2,3)14-6-8-16-19(12-14)26-21(27-20(16)28-10-4-5-11-28)25-15-7-9-17(23)18(24)13-15/h6-9,12-13H,4-5,10-11H2,1-3H3,(H,25,26,27). The molecular formula is C22H24F2N4. The number of nitrogens with one attached hydrogen (secondary N) is 1. The highest BCUT2D eigenvalue weighted by Crippen LogP contribution is 2.32. The Morgan fingerprint density at radius 2 is 1.68 bits per heavy atom. The Morgan fingerprint density at radius 1 is 0.929 bits per heavy atom. The van der Waals surface area contributed by atoms with E-state index in [0.717, 1.165) is 54.8 Å². The van der Waals surface area contributed by atoms with E-state index in [9.17, 15) is 8.78 Å². The molecule has 1 fully saturated rings. The van der Waals surface area contributed by atoms with Gasteiger partial charge in [0.15, 0.2) is 11.6 Å². The normalized spacial score (nSPS) is 14.7. The van der Waals surface area contributed by atoms with Crippen molar-refractivity contribution in [1.29, 1.82) is 0 Å². The lowest BCUT2D eigenvalue weighted by Gasteiger charge is -2.22. The molecule has 0 amide bonds. The van der Waals surface area contributed by atoms with E-state index in [0.29, 0.717) is 11.6 Å². The van der Waals surface area contributed by atoms with Gasteiger partial charge in [-0.25, -0.2) is 13.8 Å². The van der Waals surface area contributed by atoms with Crippen molar-refractivity contribution in [3.05, 3.63) is 53.6 Å². The molecule has 2 aromatic carbocycles. The topological polar surface area (TPSA) is 41.1 Å². The minimum Gasteiger partial charge on any atom is -0.356 e. The third-order valence-corrected chi connectivity index (χ3v) is 5.12. The van der Waals surface area contributed by atoms with Gasteiger partial charge in [-0.1, -0.05) is 26.8 Å². The van der Waals surface area contributed by atoms with Crippen LogP contribution in [0.5, 0.6) is 0 Å². The maximum atomic E-state index is 13.6. The van der Waals surface area contributed by atoms with E-state index in [4.69, 9.17) is 4.98 Å². The maximum absolute atomic E-state index is 13.6. The average molecular weight is 382 g/mol. The molecule has 1 aliphatic rings. The van der Waals surface area contributed by atoms with Gasteiger partial charge in [0.2, 0.25) is 5.95 Å². The summed E-state index contributed by atoms with van der Waals surface area (Å²) in [4.78, 5) is 11.6. The minimum absolute atomic E-state index is 0.000620. The van der Waals surface area contributed by atoms with Crippen molar-refractivity contribution < 1.29 is 8.78 Å². The summed E-state index contributed by atoms with van der Waals surface area (Å²) in [5, 5.41) is 4.04. The van der Waals surface area contributed by atoms with Crippen LogP contribution >= 0.6 is 0 Å². The number of halogens is 2. The van der Waals surface area contributed by atoms with E-state index in [-0.39, 0.29) is 5.41 Å². The molecule has 4 rings (SSSR count). The van der Waals surface area contributed by atoms with Gasteiger partial charge >= 0.3 is 0 Å². The van der Waals surface area contributed by atoms with Crippen LogP contribution in [0.25, 0.3) is 10.9 Å². The molecule has 1 aliphatic heterocycles. The van der Waals surface area contributed by atoms with E-state index < -0.39 is 11.6 Å². The molecule has 0 atom stereocenters. The molecular weight excluding hydrogens is 358 g/mol. The molecule has 3 aromatic rings. The molecule has 4 nitrogen and oxygen atoms in total. The van der Waals surface area contributed by atoms with E-state index in [1.165, 1.54) is 11.6 Å². The van der Waals surface area contributed by atoms with E-state index in [2.05, 4.69) is 54.2 Å². The molecule has 28 heavy (non-hydrogen) atoms. The van der Waals surface area contributed by atoms with Crippen LogP contribution in [0.3, 0.4) is 0 Å². The number of anilines is 3. The lowest BCUT2D eigenvalue weighted by molar-refractivity contribution is 0.509. The second kappa shape index (κ2) is 7.00. The van der Waals surface area contributed by atoms with Gasteiger partial charge in [0.25, 0.3) is 0 Å². The summed E-state index contributed by atoms with van der Waals surface area (Å²) in [6.45, 7) is 8.40. The fourth-order valence-electron chi connectivity index (χ4n) is 3.51. The zero-order chi connectivity index (χ0) is 19.9. The Balaban J connectivity index is 1.81. The van der Waals surface area contributed by atoms with E-state index in [1.807, 2.05) is 0 Å². The van der Waals surface area contributed by atoms with Gasteiger partial charge < -0.3 is 10.2 Å². The second-order valence-corrected chi connectivity index (χ2v) is 8.30. The van der Waals surface area contributed by atoms with E-state index in [1.54, 1.807) is 0 Å². The molecule has 0 bridgehead atoms. The highest BCUT2D eigenvalue weighted by molar-refractivity contribution is 5.91. The lowest BCUT2D eigenvalue weighted by Crippen LogP contribution is -2.20. The molecule has 2 heterocycles. The van der Waals surface area contributed by atoms with Gasteiger partial charge in [-0.3, -0.25) is 0 Å². The number of hydrogen-bond donors (Lipinski definition) is 1. The Hall–Kier alpha value is -2.76. The molecule has 1 N–H and O–H groups in total. The van der Waals surface area contributed by atoms with Gasteiger partial charge in [-0.2, -0.15) is 4.98 Å². The summed E-state index contributed by atoms with van der Waals surface area (Å²) in [5.74, 6) is -0.516. The first-order valence-electron chi connectivity index (χ1n) is 9.60. The SMILES string of the molecule is CC(C)(C)c1ccc2c(N3CCCC3)nc(Nc3ccc(F)c(F)c3)nc2c1. The number of hydrogen-bond acceptors (Lipinski definition) is 4. The third-order valence-electron chi connectivity index (χ3n) is 5.12. The molecule has 0 saturated carbocycles. The van der Waals surface area contributed by atoms with Crippen LogP contribution in [0.2, 0.25) is 0 Å². The van der Waals surface area contributed by atoms with Gasteiger partial charge in [0.05, 0.1) is 5.52 Å². The van der Waals surface area contributed by atoms with Crippen molar-refractivity contribution in [3.8, 4) is 0 Å². The van der Waals surface area contributed by atoms with Crippen molar-refractivity contribution in [2.45, 2.75) is 39.0 Å². The smallest absolute Gasteiger partial charge is 0.229 e. The number of nitrogens with zero attached hydrogens (tertiary/aromatic N) is 3. The number of fused-ring (bicyclic) bond motifs is 1. The summed E-state index contributed by atoms with van der Waals surface area (Å²) in [6.07, 6.45) is 2.27. The van der Waals surface area contributed by atoms with Crippen molar-refractivity contribution >= 4 is 28.4 Å². The molecule has 1 aromatic heterocycles. The quantitative estimate of drug-likeness (QED) is 0.645. The first-order valence-corrected chi connectivity index (χ1v) is 9.60. The Labute approximate surface area is 163 Å². The Kier molecular flexibility index (Phi) is 4.65. The largest absolute Gasteiger partial charge is 0.356 e. The summed E-state index contributed by atoms with van der Waals surface area (Å²) in [5.41, 5.74) is 2.44. The highest BCUT2D eigenvalue weighted by atomic mass is 19.2. The summed E-state index contributed by atoms with van der Waals surface area (Å²) >= 11 is 0. The Bertz CT molecular complexity index is 1020. The zero-order valence-corrected chi connectivity index (χ0v) is 16.4. The monoisotopic (exact) mass is 382 g/mol. The molecule has 6 heteroatoms. The number of aromatic nitrogens is 2. The summed E-state index contributed by atoms with van der Waals surface area (Å²) in [6, 6.07) is 10.0. The van der Waals surface area contributed by atoms with Crippen molar-refractivity contribution in [2.24, 2.45) is 0 Å². The van der Waals surface area contributed by atoms with Crippen LogP contribution in [0.15, 0.2) is 36.4 Å². The van der Waals surface area contributed by atoms with Crippen LogP contribution in [-0.4, -0.2) is 23.1 Å². The van der Waals surface area contributed by atoms with Crippen LogP contribution in [0.4, 0.5) is 26.2 Å². The van der Waals surface area contributed by atoms with Crippen LogP contribution in [0.1, 0.15) is 39.2 Å². The Morgan fingerprint density at radius 3 is 2.36 bits per heavy atom. The third kappa shape index (κ3) is 3.63. The molecule has 0 aliphatic carbocycles. The predicted molar refractivity (Wildman–Crippen MR) is 109 cm³/mol. The van der Waals surface area contributed by atoms with Crippen LogP contribution < -0.4 is 10.2 Å². The van der Waals surface area contributed by atoms with E-state index >= 15 is 0 Å². The molecule has 0 spiro atoms. The average Bonchev–Trinajstić information content (AvgIpc) is 3.17. The molecule has 0 unspecified atom stereocenters. The molecule has 0 radical (unpaired) electrons. The van der Waals surface area contributed by atoms with Crippen molar-refractivity contribution in [3.63, 3.8) is 0 Å². The van der Waals surface area contributed by atoms with Crippen molar-refractivity contribution in [2.75, 3.05) is 23.3 Å². The van der Waals surface area contributed by atoms with Gasteiger partial charge in [-0.05, 0) is 48.1 Å². The minimum atomic E-state index is -0.902. The first-order chi connectivity index (χ1) is 13.3. The fourth-order valence-corrected chi connectivity index (χ4v) is 3.51. The zero-order valence-electron chi connectivity index (χ0n) is 16.4. The van der Waals surface area contributed by atoms with Crippen LogP contribution in [0, 0.1) is 11.6 Å². The highest BCUT2D eigenvalue weighted by Gasteiger charge is 2.20. The summed E-state index contributed by atoms with van der Waals surface area (Å²) < 4.78 is 26.8. The number of benzene rings is 2. The van der Waals surface area contributed by atoms with Gasteiger partial charge in [0, 0.05) is 30.2 Å². The molecule has 1 saturated heterocycles. The van der Waals surface area contributed by atoms with Crippen LogP contribution in [-0.2, 0) is 5.41 Å². The fraction of sp³-hybridized carbons (Fsp3) is 0.364.